The summed E-state index contributed by atoms with van der Waals surface area (Å²) in [4.78, 5) is 14.7. The average molecular weight is 448 g/mol. The largest absolute Gasteiger partial charge is 0.378 e. The zero-order valence-electron chi connectivity index (χ0n) is 17.8. The second-order valence-corrected chi connectivity index (χ2v) is 8.39. The molecule has 0 bridgehead atoms. The smallest absolute Gasteiger partial charge is 0.225 e. The lowest BCUT2D eigenvalue weighted by Gasteiger charge is -2.26. The molecule has 7 heteroatoms. The average Bonchev–Trinajstić information content (AvgIpc) is 3.27. The summed E-state index contributed by atoms with van der Waals surface area (Å²) in [6.45, 7) is 4.56. The molecule has 2 N–H and O–H groups in total. The molecule has 0 spiro atoms. The van der Waals surface area contributed by atoms with Crippen molar-refractivity contribution in [3.8, 4) is 0 Å². The van der Waals surface area contributed by atoms with Gasteiger partial charge in [-0.05, 0) is 23.3 Å². The number of anilines is 1. The molecule has 0 amide bonds. The molecule has 2 aromatic heterocycles. The van der Waals surface area contributed by atoms with Gasteiger partial charge in [0.2, 0.25) is 5.95 Å². The highest BCUT2D eigenvalue weighted by Crippen LogP contribution is 2.34. The van der Waals surface area contributed by atoms with Crippen molar-refractivity contribution in [1.82, 2.24) is 20.3 Å². The van der Waals surface area contributed by atoms with Crippen LogP contribution in [-0.2, 0) is 11.3 Å². The first-order valence-corrected chi connectivity index (χ1v) is 11.3. The van der Waals surface area contributed by atoms with Crippen molar-refractivity contribution in [1.29, 1.82) is 0 Å². The number of aromatic amines is 1. The monoisotopic (exact) mass is 447 g/mol. The van der Waals surface area contributed by atoms with Gasteiger partial charge in [0.25, 0.3) is 0 Å². The second kappa shape index (κ2) is 9.69. The van der Waals surface area contributed by atoms with Gasteiger partial charge in [-0.3, -0.25) is 0 Å². The van der Waals surface area contributed by atoms with Crippen LogP contribution >= 0.6 is 11.6 Å². The molecule has 1 fully saturated rings. The minimum Gasteiger partial charge on any atom is -0.378 e. The lowest BCUT2D eigenvalue weighted by molar-refractivity contribution is 0.122. The van der Waals surface area contributed by atoms with E-state index in [9.17, 15) is 0 Å². The summed E-state index contributed by atoms with van der Waals surface area (Å²) in [5.41, 5.74) is 4.54. The van der Waals surface area contributed by atoms with Gasteiger partial charge in [0.05, 0.1) is 13.2 Å². The summed E-state index contributed by atoms with van der Waals surface area (Å²) >= 11 is 6.60. The topological polar surface area (TPSA) is 66.1 Å². The number of halogens is 1. The molecule has 5 rings (SSSR count). The van der Waals surface area contributed by atoms with Crippen molar-refractivity contribution in [2.75, 3.05) is 37.7 Å². The Balaban J connectivity index is 1.32. The highest BCUT2D eigenvalue weighted by molar-refractivity contribution is 6.31. The number of ether oxygens (including phenoxy) is 1. The molecule has 1 aliphatic heterocycles. The second-order valence-electron chi connectivity index (χ2n) is 7.99. The Morgan fingerprint density at radius 1 is 1.00 bits per heavy atom. The summed E-state index contributed by atoms with van der Waals surface area (Å²) < 4.78 is 5.40. The minimum absolute atomic E-state index is 0.119. The summed E-state index contributed by atoms with van der Waals surface area (Å²) in [5, 5.41) is 5.59. The van der Waals surface area contributed by atoms with Crippen molar-refractivity contribution in [3.63, 3.8) is 0 Å². The first-order chi connectivity index (χ1) is 15.8. The van der Waals surface area contributed by atoms with E-state index in [2.05, 4.69) is 55.6 Å². The van der Waals surface area contributed by atoms with Crippen molar-refractivity contribution in [3.05, 3.63) is 88.8 Å². The van der Waals surface area contributed by atoms with E-state index in [1.807, 2.05) is 36.7 Å². The number of aromatic nitrogens is 3. The SMILES string of the molecule is Clc1ccccc1C(CNCc1cnc(N2CCOCC2)nc1)c1c[nH]c2ccccc12. The molecule has 1 aliphatic rings. The molecule has 1 saturated heterocycles. The molecule has 32 heavy (non-hydrogen) atoms. The fraction of sp³-hybridized carbons (Fsp3) is 0.280. The van der Waals surface area contributed by atoms with Crippen LogP contribution in [0.5, 0.6) is 0 Å². The predicted octanol–water partition coefficient (Wildman–Crippen LogP) is 4.37. The molecule has 6 nitrogen and oxygen atoms in total. The summed E-state index contributed by atoms with van der Waals surface area (Å²) in [7, 11) is 0. The molecule has 0 aliphatic carbocycles. The van der Waals surface area contributed by atoms with Crippen LogP contribution in [0.1, 0.15) is 22.6 Å². The number of morpholine rings is 1. The number of fused-ring (bicyclic) bond motifs is 1. The van der Waals surface area contributed by atoms with Gasteiger partial charge < -0.3 is 19.9 Å². The number of H-pyrrole nitrogens is 1. The zero-order valence-corrected chi connectivity index (χ0v) is 18.6. The van der Waals surface area contributed by atoms with E-state index < -0.39 is 0 Å². The van der Waals surface area contributed by atoms with Crippen LogP contribution in [0.15, 0.2) is 67.1 Å². The van der Waals surface area contributed by atoms with Crippen LogP contribution in [0.4, 0.5) is 5.95 Å². The Hall–Kier alpha value is -2.93. The lowest BCUT2D eigenvalue weighted by Crippen LogP contribution is -2.37. The molecule has 4 aromatic rings. The number of benzene rings is 2. The van der Waals surface area contributed by atoms with Crippen LogP contribution in [0.2, 0.25) is 5.02 Å². The predicted molar refractivity (Wildman–Crippen MR) is 128 cm³/mol. The van der Waals surface area contributed by atoms with Crippen molar-refractivity contribution < 1.29 is 4.74 Å². The van der Waals surface area contributed by atoms with E-state index in [0.29, 0.717) is 6.54 Å². The maximum atomic E-state index is 6.60. The Morgan fingerprint density at radius 3 is 2.56 bits per heavy atom. The van der Waals surface area contributed by atoms with Gasteiger partial charge in [-0.2, -0.15) is 0 Å². The van der Waals surface area contributed by atoms with E-state index in [1.54, 1.807) is 0 Å². The Bertz CT molecular complexity index is 1170. The first kappa shape index (κ1) is 20.9. The molecule has 0 saturated carbocycles. The zero-order chi connectivity index (χ0) is 21.8. The van der Waals surface area contributed by atoms with E-state index in [0.717, 1.165) is 60.5 Å². The van der Waals surface area contributed by atoms with Crippen LogP contribution in [0, 0.1) is 0 Å². The highest BCUT2D eigenvalue weighted by atomic mass is 35.5. The van der Waals surface area contributed by atoms with Crippen molar-refractivity contribution >= 4 is 28.5 Å². The van der Waals surface area contributed by atoms with Gasteiger partial charge >= 0.3 is 0 Å². The fourth-order valence-electron chi connectivity index (χ4n) is 4.25. The van der Waals surface area contributed by atoms with Crippen LogP contribution in [0.3, 0.4) is 0 Å². The first-order valence-electron chi connectivity index (χ1n) is 10.9. The Morgan fingerprint density at radius 2 is 1.75 bits per heavy atom. The molecule has 2 aromatic carbocycles. The summed E-state index contributed by atoms with van der Waals surface area (Å²) in [6.07, 6.45) is 5.91. The number of rotatable bonds is 7. The maximum absolute atomic E-state index is 6.60. The summed E-state index contributed by atoms with van der Waals surface area (Å²) in [6, 6.07) is 16.5. The molecule has 0 radical (unpaired) electrons. The van der Waals surface area contributed by atoms with Crippen LogP contribution < -0.4 is 10.2 Å². The number of hydrogen-bond donors (Lipinski definition) is 2. The van der Waals surface area contributed by atoms with Gasteiger partial charge in [-0.1, -0.05) is 48.0 Å². The van der Waals surface area contributed by atoms with Crippen LogP contribution in [0.25, 0.3) is 10.9 Å². The third-order valence-electron chi connectivity index (χ3n) is 5.94. The van der Waals surface area contributed by atoms with Gasteiger partial charge in [-0.25, -0.2) is 9.97 Å². The molecular formula is C25H26ClN5O. The van der Waals surface area contributed by atoms with E-state index in [4.69, 9.17) is 16.3 Å². The number of nitrogens with one attached hydrogen (secondary N) is 2. The van der Waals surface area contributed by atoms with E-state index in [-0.39, 0.29) is 5.92 Å². The lowest BCUT2D eigenvalue weighted by atomic mass is 9.90. The van der Waals surface area contributed by atoms with Gasteiger partial charge in [0.1, 0.15) is 0 Å². The van der Waals surface area contributed by atoms with Gasteiger partial charge in [0, 0.05) is 72.2 Å². The fourth-order valence-corrected chi connectivity index (χ4v) is 4.52. The number of nitrogens with zero attached hydrogens (tertiary/aromatic N) is 3. The molecule has 3 heterocycles. The minimum atomic E-state index is 0.119. The standard InChI is InChI=1S/C25H26ClN5O/c26-23-7-3-1-5-19(23)21(22-17-28-24-8-4-2-6-20(22)24)16-27-13-18-14-29-25(30-15-18)31-9-11-32-12-10-31/h1-8,14-15,17,21,27-28H,9-13,16H2. The van der Waals surface area contributed by atoms with E-state index in [1.165, 1.54) is 10.9 Å². The summed E-state index contributed by atoms with van der Waals surface area (Å²) in [5.74, 6) is 0.887. The molecular weight excluding hydrogens is 422 g/mol. The normalized spacial score (nSPS) is 15.2. The third-order valence-corrected chi connectivity index (χ3v) is 6.28. The Labute approximate surface area is 192 Å². The Kier molecular flexibility index (Phi) is 6.34. The number of hydrogen-bond acceptors (Lipinski definition) is 5. The van der Waals surface area contributed by atoms with Gasteiger partial charge in [-0.15, -0.1) is 0 Å². The molecule has 1 atom stereocenters. The van der Waals surface area contributed by atoms with Crippen molar-refractivity contribution in [2.45, 2.75) is 12.5 Å². The molecule has 164 valence electrons. The number of para-hydroxylation sites is 1. The van der Waals surface area contributed by atoms with E-state index >= 15 is 0 Å². The van der Waals surface area contributed by atoms with Crippen LogP contribution in [-0.4, -0.2) is 47.8 Å². The highest BCUT2D eigenvalue weighted by Gasteiger charge is 2.20. The van der Waals surface area contributed by atoms with Crippen molar-refractivity contribution in [2.24, 2.45) is 0 Å². The van der Waals surface area contributed by atoms with Gasteiger partial charge in [0.15, 0.2) is 0 Å². The third kappa shape index (κ3) is 4.48. The molecule has 1 unspecified atom stereocenters. The maximum Gasteiger partial charge on any atom is 0.225 e. The quantitative estimate of drug-likeness (QED) is 0.440.